The minimum absolute atomic E-state index is 0.793. The fourth-order valence-corrected chi connectivity index (χ4v) is 2.16. The van der Waals surface area contributed by atoms with E-state index in [4.69, 9.17) is 4.74 Å². The predicted octanol–water partition coefficient (Wildman–Crippen LogP) is 2.28. The van der Waals surface area contributed by atoms with E-state index in [0.717, 1.165) is 48.4 Å². The van der Waals surface area contributed by atoms with E-state index in [1.165, 1.54) is 0 Å². The van der Waals surface area contributed by atoms with E-state index >= 15 is 0 Å². The van der Waals surface area contributed by atoms with Gasteiger partial charge in [0.1, 0.15) is 11.3 Å². The van der Waals surface area contributed by atoms with E-state index < -0.39 is 0 Å². The number of nitrogens with one attached hydrogen (secondary N) is 1. The zero-order valence-corrected chi connectivity index (χ0v) is 12.5. The molecule has 4 heteroatoms. The summed E-state index contributed by atoms with van der Waals surface area (Å²) in [5.41, 5.74) is 1.98. The number of benzene rings is 1. The van der Waals surface area contributed by atoms with E-state index in [1.54, 1.807) is 7.11 Å². The van der Waals surface area contributed by atoms with E-state index in [0.29, 0.717) is 0 Å². The second-order valence-electron chi connectivity index (χ2n) is 5.17. The molecule has 0 bridgehead atoms. The van der Waals surface area contributed by atoms with E-state index in [-0.39, 0.29) is 0 Å². The molecular formula is C16H23N3O. The van der Waals surface area contributed by atoms with Gasteiger partial charge in [-0.2, -0.15) is 0 Å². The van der Waals surface area contributed by atoms with Crippen LogP contribution < -0.4 is 10.1 Å². The Morgan fingerprint density at radius 2 is 2.05 bits per heavy atom. The molecule has 1 heterocycles. The molecule has 0 aliphatic carbocycles. The summed E-state index contributed by atoms with van der Waals surface area (Å²) < 4.78 is 5.36. The fraction of sp³-hybridized carbons (Fsp3) is 0.438. The summed E-state index contributed by atoms with van der Waals surface area (Å²) in [5.74, 6) is 0.831. The first-order chi connectivity index (χ1) is 9.70. The number of rotatable bonds is 7. The standard InChI is InChI=1S/C16H23N3O/c1-19(2)11-5-10-17-12-14-9-8-13-6-4-7-15(20-3)16(13)18-14/h4,6-9,17H,5,10-12H2,1-3H3. The van der Waals surface area contributed by atoms with Crippen molar-refractivity contribution < 1.29 is 4.74 Å². The van der Waals surface area contributed by atoms with Gasteiger partial charge >= 0.3 is 0 Å². The maximum atomic E-state index is 5.36. The molecule has 1 aromatic carbocycles. The smallest absolute Gasteiger partial charge is 0.145 e. The van der Waals surface area contributed by atoms with Crippen molar-refractivity contribution in [2.75, 3.05) is 34.3 Å². The molecule has 1 aromatic heterocycles. The topological polar surface area (TPSA) is 37.4 Å². The molecular weight excluding hydrogens is 250 g/mol. The molecule has 0 spiro atoms. The number of ether oxygens (including phenoxy) is 1. The first-order valence-electron chi connectivity index (χ1n) is 6.99. The molecule has 2 aromatic rings. The van der Waals surface area contributed by atoms with Gasteiger partial charge < -0.3 is 15.0 Å². The number of hydrogen-bond donors (Lipinski definition) is 1. The van der Waals surface area contributed by atoms with Crippen molar-refractivity contribution in [1.29, 1.82) is 0 Å². The van der Waals surface area contributed by atoms with Gasteiger partial charge in [-0.15, -0.1) is 0 Å². The van der Waals surface area contributed by atoms with Crippen molar-refractivity contribution in [3.05, 3.63) is 36.0 Å². The van der Waals surface area contributed by atoms with E-state index in [1.807, 2.05) is 12.1 Å². The number of aromatic nitrogens is 1. The third-order valence-corrected chi connectivity index (χ3v) is 3.23. The van der Waals surface area contributed by atoms with Crippen LogP contribution in [0, 0.1) is 0 Å². The Morgan fingerprint density at radius 3 is 2.80 bits per heavy atom. The molecule has 0 aliphatic heterocycles. The lowest BCUT2D eigenvalue weighted by Gasteiger charge is -2.10. The molecule has 2 rings (SSSR count). The molecule has 0 atom stereocenters. The van der Waals surface area contributed by atoms with Crippen molar-refractivity contribution in [3.63, 3.8) is 0 Å². The maximum Gasteiger partial charge on any atom is 0.145 e. The van der Waals surface area contributed by atoms with Crippen molar-refractivity contribution >= 4 is 10.9 Å². The van der Waals surface area contributed by atoms with Gasteiger partial charge in [0.2, 0.25) is 0 Å². The van der Waals surface area contributed by atoms with Crippen molar-refractivity contribution in [2.24, 2.45) is 0 Å². The highest BCUT2D eigenvalue weighted by molar-refractivity contribution is 5.84. The molecule has 1 N–H and O–H groups in total. The van der Waals surface area contributed by atoms with Crippen LogP contribution >= 0.6 is 0 Å². The molecule has 0 amide bonds. The zero-order chi connectivity index (χ0) is 14.4. The van der Waals surface area contributed by atoms with Crippen molar-refractivity contribution in [3.8, 4) is 5.75 Å². The summed E-state index contributed by atoms with van der Waals surface area (Å²) in [5, 5.41) is 4.54. The van der Waals surface area contributed by atoms with Gasteiger partial charge in [-0.3, -0.25) is 0 Å². The molecule has 0 aliphatic rings. The molecule has 20 heavy (non-hydrogen) atoms. The number of nitrogens with zero attached hydrogens (tertiary/aromatic N) is 2. The third kappa shape index (κ3) is 3.92. The summed E-state index contributed by atoms with van der Waals surface area (Å²) in [4.78, 5) is 6.88. The van der Waals surface area contributed by atoms with Gasteiger partial charge in [0.25, 0.3) is 0 Å². The predicted molar refractivity (Wildman–Crippen MR) is 83.2 cm³/mol. The van der Waals surface area contributed by atoms with Crippen LogP contribution in [0.2, 0.25) is 0 Å². The Hall–Kier alpha value is -1.65. The number of pyridine rings is 1. The number of para-hydroxylation sites is 1. The number of methoxy groups -OCH3 is 1. The summed E-state index contributed by atoms with van der Waals surface area (Å²) >= 11 is 0. The van der Waals surface area contributed by atoms with Gasteiger partial charge in [-0.1, -0.05) is 18.2 Å². The van der Waals surface area contributed by atoms with Gasteiger partial charge in [-0.25, -0.2) is 4.98 Å². The molecule has 0 saturated heterocycles. The third-order valence-electron chi connectivity index (χ3n) is 3.23. The van der Waals surface area contributed by atoms with Crippen LogP contribution in [0.1, 0.15) is 12.1 Å². The Kier molecular flexibility index (Phi) is 5.32. The quantitative estimate of drug-likeness (QED) is 0.785. The largest absolute Gasteiger partial charge is 0.494 e. The lowest BCUT2D eigenvalue weighted by molar-refractivity contribution is 0.394. The second kappa shape index (κ2) is 7.22. The van der Waals surface area contributed by atoms with Crippen molar-refractivity contribution in [2.45, 2.75) is 13.0 Å². The average Bonchev–Trinajstić information content (AvgIpc) is 2.45. The van der Waals surface area contributed by atoms with Crippen LogP contribution in [-0.4, -0.2) is 44.2 Å². The molecule has 0 radical (unpaired) electrons. The van der Waals surface area contributed by atoms with Gasteiger partial charge in [0.15, 0.2) is 0 Å². The molecule has 4 nitrogen and oxygen atoms in total. The summed E-state index contributed by atoms with van der Waals surface area (Å²) in [6, 6.07) is 10.2. The maximum absolute atomic E-state index is 5.36. The first-order valence-corrected chi connectivity index (χ1v) is 6.99. The minimum atomic E-state index is 0.793. The van der Waals surface area contributed by atoms with Crippen LogP contribution in [0.3, 0.4) is 0 Å². The summed E-state index contributed by atoms with van der Waals surface area (Å²) in [7, 11) is 5.87. The molecule has 0 fully saturated rings. The van der Waals surface area contributed by atoms with Crippen LogP contribution in [0.4, 0.5) is 0 Å². The van der Waals surface area contributed by atoms with Crippen LogP contribution in [0.15, 0.2) is 30.3 Å². The molecule has 0 unspecified atom stereocenters. The fourth-order valence-electron chi connectivity index (χ4n) is 2.16. The molecule has 0 saturated carbocycles. The SMILES string of the molecule is COc1cccc2ccc(CNCCCN(C)C)nc12. The minimum Gasteiger partial charge on any atom is -0.494 e. The van der Waals surface area contributed by atoms with Crippen LogP contribution in [0.5, 0.6) is 5.75 Å². The summed E-state index contributed by atoms with van der Waals surface area (Å²) in [6.45, 7) is 2.90. The number of hydrogen-bond acceptors (Lipinski definition) is 4. The monoisotopic (exact) mass is 273 g/mol. The first kappa shape index (κ1) is 14.8. The normalized spacial score (nSPS) is 11.2. The van der Waals surface area contributed by atoms with Gasteiger partial charge in [-0.05, 0) is 45.7 Å². The lowest BCUT2D eigenvalue weighted by Crippen LogP contribution is -2.21. The van der Waals surface area contributed by atoms with Crippen LogP contribution in [0.25, 0.3) is 10.9 Å². The number of fused-ring (bicyclic) bond motifs is 1. The van der Waals surface area contributed by atoms with E-state index in [2.05, 4.69) is 47.5 Å². The highest BCUT2D eigenvalue weighted by Crippen LogP contribution is 2.23. The Bertz CT molecular complexity index is 554. The Morgan fingerprint density at radius 1 is 1.20 bits per heavy atom. The van der Waals surface area contributed by atoms with Crippen molar-refractivity contribution in [1.82, 2.24) is 15.2 Å². The molecule has 108 valence electrons. The Balaban J connectivity index is 1.97. The highest BCUT2D eigenvalue weighted by atomic mass is 16.5. The van der Waals surface area contributed by atoms with Gasteiger partial charge in [0.05, 0.1) is 12.8 Å². The summed E-state index contributed by atoms with van der Waals surface area (Å²) in [6.07, 6.45) is 1.14. The highest BCUT2D eigenvalue weighted by Gasteiger charge is 2.03. The lowest BCUT2D eigenvalue weighted by atomic mass is 10.2. The second-order valence-corrected chi connectivity index (χ2v) is 5.17. The Labute approximate surface area is 120 Å². The van der Waals surface area contributed by atoms with Gasteiger partial charge in [0, 0.05) is 11.9 Å². The zero-order valence-electron chi connectivity index (χ0n) is 12.5. The average molecular weight is 273 g/mol. The van der Waals surface area contributed by atoms with Crippen LogP contribution in [-0.2, 0) is 6.54 Å². The van der Waals surface area contributed by atoms with E-state index in [9.17, 15) is 0 Å².